The van der Waals surface area contributed by atoms with E-state index in [0.29, 0.717) is 0 Å². The summed E-state index contributed by atoms with van der Waals surface area (Å²) in [6.07, 6.45) is 3.10. The monoisotopic (exact) mass is 250 g/mol. The molecule has 0 bridgehead atoms. The van der Waals surface area contributed by atoms with Crippen molar-refractivity contribution in [1.82, 2.24) is 0 Å². The lowest BCUT2D eigenvalue weighted by Gasteiger charge is -2.20. The van der Waals surface area contributed by atoms with E-state index in [1.165, 1.54) is 13.2 Å². The van der Waals surface area contributed by atoms with E-state index in [1.54, 1.807) is 6.08 Å². The summed E-state index contributed by atoms with van der Waals surface area (Å²) in [6.45, 7) is 6.36. The Morgan fingerprint density at radius 1 is 1.24 bits per heavy atom. The second kappa shape index (κ2) is 5.68. The minimum absolute atomic E-state index is 0.368. The van der Waals surface area contributed by atoms with Gasteiger partial charge in [0.1, 0.15) is 5.75 Å². The fourth-order valence-corrected chi connectivity index (χ4v) is 2.11. The highest BCUT2D eigenvalue weighted by Crippen LogP contribution is 2.22. The first-order valence-electron chi connectivity index (χ1n) is 5.46. The van der Waals surface area contributed by atoms with Crippen LogP contribution in [0, 0.1) is 0 Å². The van der Waals surface area contributed by atoms with E-state index >= 15 is 0 Å². The average molecular weight is 250 g/mol. The van der Waals surface area contributed by atoms with Gasteiger partial charge in [0.15, 0.2) is 0 Å². The highest BCUT2D eigenvalue weighted by atomic mass is 28.4. The third kappa shape index (κ3) is 4.87. The number of methoxy groups -OCH3 is 1. The van der Waals surface area contributed by atoms with Gasteiger partial charge >= 0.3 is 5.97 Å². The topological polar surface area (TPSA) is 35.5 Å². The lowest BCUT2D eigenvalue weighted by Crippen LogP contribution is -2.29. The van der Waals surface area contributed by atoms with Crippen LogP contribution in [0.25, 0.3) is 6.08 Å². The first-order chi connectivity index (χ1) is 7.92. The minimum Gasteiger partial charge on any atom is -0.544 e. The van der Waals surface area contributed by atoms with Gasteiger partial charge in [-0.3, -0.25) is 0 Å². The van der Waals surface area contributed by atoms with E-state index in [1.807, 2.05) is 24.3 Å². The molecule has 0 aromatic heterocycles. The molecule has 3 nitrogen and oxygen atoms in total. The maximum Gasteiger partial charge on any atom is 0.330 e. The number of rotatable bonds is 4. The molecule has 0 spiro atoms. The molecule has 0 aliphatic carbocycles. The van der Waals surface area contributed by atoms with Gasteiger partial charge in [0.05, 0.1) is 7.11 Å². The van der Waals surface area contributed by atoms with Gasteiger partial charge in [0.2, 0.25) is 8.32 Å². The molecule has 0 fully saturated rings. The number of hydrogen-bond donors (Lipinski definition) is 0. The minimum atomic E-state index is -1.64. The van der Waals surface area contributed by atoms with E-state index in [0.717, 1.165) is 11.3 Å². The second-order valence-corrected chi connectivity index (χ2v) is 9.04. The zero-order chi connectivity index (χ0) is 12.9. The summed E-state index contributed by atoms with van der Waals surface area (Å²) in [7, 11) is -0.286. The summed E-state index contributed by atoms with van der Waals surface area (Å²) in [4.78, 5) is 11.0. The smallest absolute Gasteiger partial charge is 0.330 e. The quantitative estimate of drug-likeness (QED) is 0.468. The Balaban J connectivity index is 2.92. The number of esters is 1. The van der Waals surface area contributed by atoms with Crippen LogP contribution in [-0.4, -0.2) is 21.4 Å². The molecule has 0 radical (unpaired) electrons. The number of carbonyl (C=O) groups is 1. The zero-order valence-corrected chi connectivity index (χ0v) is 11.7. The van der Waals surface area contributed by atoms with Crippen LogP contribution < -0.4 is 4.43 Å². The van der Waals surface area contributed by atoms with Gasteiger partial charge in [0.25, 0.3) is 0 Å². The standard InChI is InChI=1S/C13H18O3Si/c1-15-13(14)10-9-11-7-5-6-8-12(11)16-17(2,3)4/h5-10H,1-4H3. The first-order valence-corrected chi connectivity index (χ1v) is 8.87. The van der Waals surface area contributed by atoms with Crippen LogP contribution in [0.5, 0.6) is 5.75 Å². The van der Waals surface area contributed by atoms with E-state index in [4.69, 9.17) is 4.43 Å². The Morgan fingerprint density at radius 3 is 2.47 bits per heavy atom. The molecule has 0 saturated heterocycles. The summed E-state index contributed by atoms with van der Waals surface area (Å²) in [6, 6.07) is 7.66. The normalized spacial score (nSPS) is 11.5. The molecule has 0 heterocycles. The van der Waals surface area contributed by atoms with Crippen LogP contribution >= 0.6 is 0 Å². The third-order valence-electron chi connectivity index (χ3n) is 1.94. The van der Waals surface area contributed by atoms with Crippen LogP contribution in [-0.2, 0) is 9.53 Å². The first kappa shape index (κ1) is 13.5. The third-order valence-corrected chi connectivity index (χ3v) is 2.77. The molecule has 4 heteroatoms. The van der Waals surface area contributed by atoms with Crippen molar-refractivity contribution >= 4 is 20.4 Å². The molecule has 0 N–H and O–H groups in total. The van der Waals surface area contributed by atoms with E-state index in [2.05, 4.69) is 24.4 Å². The zero-order valence-electron chi connectivity index (χ0n) is 10.7. The van der Waals surface area contributed by atoms with Crippen LogP contribution in [0.2, 0.25) is 19.6 Å². The molecule has 0 atom stereocenters. The van der Waals surface area contributed by atoms with Gasteiger partial charge in [-0.1, -0.05) is 18.2 Å². The molecular formula is C13H18O3Si. The van der Waals surface area contributed by atoms with Gasteiger partial charge < -0.3 is 9.16 Å². The van der Waals surface area contributed by atoms with Crippen molar-refractivity contribution < 1.29 is 14.0 Å². The molecule has 1 aromatic carbocycles. The van der Waals surface area contributed by atoms with Crippen molar-refractivity contribution in [2.24, 2.45) is 0 Å². The summed E-state index contributed by atoms with van der Waals surface area (Å²) in [5.74, 6) is 0.444. The Labute approximate surface area is 103 Å². The van der Waals surface area contributed by atoms with Crippen molar-refractivity contribution in [2.45, 2.75) is 19.6 Å². The fraction of sp³-hybridized carbons (Fsp3) is 0.308. The van der Waals surface area contributed by atoms with Gasteiger partial charge in [-0.2, -0.15) is 0 Å². The SMILES string of the molecule is COC(=O)C=Cc1ccccc1O[Si](C)(C)C. The highest BCUT2D eigenvalue weighted by Gasteiger charge is 2.17. The van der Waals surface area contributed by atoms with E-state index < -0.39 is 8.32 Å². The predicted octanol–water partition coefficient (Wildman–Crippen LogP) is 3.09. The number of carbonyl (C=O) groups excluding carboxylic acids is 1. The van der Waals surface area contributed by atoms with Crippen LogP contribution in [0.15, 0.2) is 30.3 Å². The Bertz CT molecular complexity index is 419. The molecule has 0 saturated carbocycles. The van der Waals surface area contributed by atoms with Crippen LogP contribution in [0.3, 0.4) is 0 Å². The molecule has 92 valence electrons. The molecule has 0 amide bonds. The van der Waals surface area contributed by atoms with E-state index in [-0.39, 0.29) is 5.97 Å². The number of benzene rings is 1. The van der Waals surface area contributed by atoms with Crippen molar-refractivity contribution in [3.8, 4) is 5.75 Å². The highest BCUT2D eigenvalue weighted by molar-refractivity contribution is 6.70. The fourth-order valence-electron chi connectivity index (χ4n) is 1.27. The summed E-state index contributed by atoms with van der Waals surface area (Å²) in [5, 5.41) is 0. The molecule has 0 aliphatic rings. The largest absolute Gasteiger partial charge is 0.544 e. The molecule has 1 rings (SSSR count). The van der Waals surface area contributed by atoms with Gasteiger partial charge in [-0.25, -0.2) is 4.79 Å². The maximum atomic E-state index is 11.0. The van der Waals surface area contributed by atoms with Gasteiger partial charge in [0, 0.05) is 11.6 Å². The van der Waals surface area contributed by atoms with Crippen molar-refractivity contribution in [2.75, 3.05) is 7.11 Å². The maximum absolute atomic E-state index is 11.0. The number of ether oxygens (including phenoxy) is 1. The summed E-state index contributed by atoms with van der Waals surface area (Å²) >= 11 is 0. The molecule has 1 aromatic rings. The molecular weight excluding hydrogens is 232 g/mol. The van der Waals surface area contributed by atoms with Gasteiger partial charge in [-0.05, 0) is 31.8 Å². The van der Waals surface area contributed by atoms with E-state index in [9.17, 15) is 4.79 Å². The van der Waals surface area contributed by atoms with Crippen molar-refractivity contribution in [3.05, 3.63) is 35.9 Å². The Kier molecular flexibility index (Phi) is 4.51. The summed E-state index contributed by atoms with van der Waals surface area (Å²) < 4.78 is 10.5. The second-order valence-electron chi connectivity index (χ2n) is 4.61. The lowest BCUT2D eigenvalue weighted by molar-refractivity contribution is -0.134. The van der Waals surface area contributed by atoms with Crippen LogP contribution in [0.4, 0.5) is 0 Å². The predicted molar refractivity (Wildman–Crippen MR) is 71.5 cm³/mol. The number of hydrogen-bond acceptors (Lipinski definition) is 3. The van der Waals surface area contributed by atoms with Crippen molar-refractivity contribution in [1.29, 1.82) is 0 Å². The van der Waals surface area contributed by atoms with Crippen molar-refractivity contribution in [3.63, 3.8) is 0 Å². The average Bonchev–Trinajstić information content (AvgIpc) is 2.25. The molecule has 0 unspecified atom stereocenters. The number of para-hydroxylation sites is 1. The summed E-state index contributed by atoms with van der Waals surface area (Å²) in [5.41, 5.74) is 0.889. The Hall–Kier alpha value is -1.55. The lowest BCUT2D eigenvalue weighted by atomic mass is 10.2. The van der Waals surface area contributed by atoms with Crippen LogP contribution in [0.1, 0.15) is 5.56 Å². The van der Waals surface area contributed by atoms with Gasteiger partial charge in [-0.15, -0.1) is 0 Å². The molecule has 17 heavy (non-hydrogen) atoms. The molecule has 0 aliphatic heterocycles. The Morgan fingerprint density at radius 2 is 1.88 bits per heavy atom.